The highest BCUT2D eigenvalue weighted by atomic mass is 16.5. The molecule has 5 heteroatoms. The molecule has 1 aromatic carbocycles. The monoisotopic (exact) mass is 320 g/mol. The van der Waals surface area contributed by atoms with E-state index in [4.69, 9.17) is 10.5 Å². The Morgan fingerprint density at radius 1 is 1.09 bits per heavy atom. The van der Waals surface area contributed by atoms with Crippen LogP contribution in [-0.2, 0) is 4.79 Å². The molecule has 0 aliphatic heterocycles. The molecule has 1 aromatic rings. The second-order valence-corrected chi connectivity index (χ2v) is 5.73. The number of carbonyl (C=O) groups is 2. The van der Waals surface area contributed by atoms with E-state index in [0.717, 1.165) is 18.6 Å². The molecule has 3 N–H and O–H groups in total. The summed E-state index contributed by atoms with van der Waals surface area (Å²) in [5.74, 6) is 0.550. The summed E-state index contributed by atoms with van der Waals surface area (Å²) in [7, 11) is 0. The minimum atomic E-state index is -0.366. The zero-order chi connectivity index (χ0) is 17.3. The maximum Gasteiger partial charge on any atom is 0.220 e. The van der Waals surface area contributed by atoms with Crippen molar-refractivity contribution in [2.75, 3.05) is 13.2 Å². The Kier molecular flexibility index (Phi) is 7.75. The summed E-state index contributed by atoms with van der Waals surface area (Å²) in [5.41, 5.74) is 6.36. The van der Waals surface area contributed by atoms with Gasteiger partial charge in [-0.05, 0) is 44.0 Å². The standard InChI is InChI=1S/C18H28N2O3/c1-4-18(19,5-2)13-20-17(22)12-11-16(21)14-7-9-15(10-8-14)23-6-3/h7-10H,4-6,11-13,19H2,1-3H3,(H,20,22). The Morgan fingerprint density at radius 3 is 2.22 bits per heavy atom. The van der Waals surface area contributed by atoms with Crippen molar-refractivity contribution < 1.29 is 14.3 Å². The molecule has 1 amide bonds. The van der Waals surface area contributed by atoms with E-state index >= 15 is 0 Å². The summed E-state index contributed by atoms with van der Waals surface area (Å²) in [6.07, 6.45) is 1.97. The molecule has 0 saturated carbocycles. The second kappa shape index (κ2) is 9.30. The van der Waals surface area contributed by atoms with Crippen molar-refractivity contribution in [2.45, 2.75) is 52.0 Å². The summed E-state index contributed by atoms with van der Waals surface area (Å²) in [5, 5.41) is 2.82. The number of rotatable bonds is 10. The van der Waals surface area contributed by atoms with Crippen LogP contribution in [-0.4, -0.2) is 30.4 Å². The van der Waals surface area contributed by atoms with Crippen molar-refractivity contribution in [1.29, 1.82) is 0 Å². The molecule has 0 aliphatic rings. The van der Waals surface area contributed by atoms with E-state index in [0.29, 0.717) is 18.7 Å². The Morgan fingerprint density at radius 2 is 1.70 bits per heavy atom. The van der Waals surface area contributed by atoms with Crippen molar-refractivity contribution >= 4 is 11.7 Å². The fourth-order valence-electron chi connectivity index (χ4n) is 2.14. The number of amides is 1. The highest BCUT2D eigenvalue weighted by Gasteiger charge is 2.21. The van der Waals surface area contributed by atoms with E-state index in [2.05, 4.69) is 5.32 Å². The van der Waals surface area contributed by atoms with E-state index in [1.807, 2.05) is 20.8 Å². The molecule has 0 fully saturated rings. The average Bonchev–Trinajstić information content (AvgIpc) is 2.58. The lowest BCUT2D eigenvalue weighted by atomic mass is 9.94. The molecule has 23 heavy (non-hydrogen) atoms. The lowest BCUT2D eigenvalue weighted by molar-refractivity contribution is -0.121. The first-order chi connectivity index (χ1) is 10.9. The van der Waals surface area contributed by atoms with E-state index in [-0.39, 0.29) is 30.1 Å². The number of benzene rings is 1. The Bertz CT molecular complexity index is 508. The Balaban J connectivity index is 2.41. The largest absolute Gasteiger partial charge is 0.494 e. The first-order valence-electron chi connectivity index (χ1n) is 8.25. The molecule has 0 atom stereocenters. The Hall–Kier alpha value is -1.88. The normalized spacial score (nSPS) is 11.1. The fourth-order valence-corrected chi connectivity index (χ4v) is 2.14. The number of ether oxygens (including phenoxy) is 1. The minimum Gasteiger partial charge on any atom is -0.494 e. The molecular weight excluding hydrogens is 292 g/mol. The molecule has 0 bridgehead atoms. The molecular formula is C18H28N2O3. The van der Waals surface area contributed by atoms with Crippen LogP contribution in [0.15, 0.2) is 24.3 Å². The third-order valence-electron chi connectivity index (χ3n) is 4.11. The highest BCUT2D eigenvalue weighted by Crippen LogP contribution is 2.14. The predicted molar refractivity (Wildman–Crippen MR) is 91.7 cm³/mol. The van der Waals surface area contributed by atoms with Crippen LogP contribution in [0.25, 0.3) is 0 Å². The molecule has 0 spiro atoms. The molecule has 1 rings (SSSR count). The van der Waals surface area contributed by atoms with Gasteiger partial charge in [0.1, 0.15) is 5.75 Å². The molecule has 5 nitrogen and oxygen atoms in total. The maximum atomic E-state index is 12.1. The first-order valence-corrected chi connectivity index (χ1v) is 8.25. The van der Waals surface area contributed by atoms with Crippen molar-refractivity contribution in [2.24, 2.45) is 5.73 Å². The zero-order valence-electron chi connectivity index (χ0n) is 14.4. The maximum absolute atomic E-state index is 12.1. The molecule has 0 aromatic heterocycles. The van der Waals surface area contributed by atoms with Crippen LogP contribution < -0.4 is 15.8 Å². The number of nitrogens with one attached hydrogen (secondary N) is 1. The van der Waals surface area contributed by atoms with Gasteiger partial charge in [0.2, 0.25) is 5.91 Å². The van der Waals surface area contributed by atoms with E-state index in [9.17, 15) is 9.59 Å². The summed E-state index contributed by atoms with van der Waals surface area (Å²) >= 11 is 0. The lowest BCUT2D eigenvalue weighted by Crippen LogP contribution is -2.49. The van der Waals surface area contributed by atoms with Crippen LogP contribution in [0.5, 0.6) is 5.75 Å². The Labute approximate surface area is 138 Å². The number of hydrogen-bond acceptors (Lipinski definition) is 4. The van der Waals surface area contributed by atoms with Gasteiger partial charge in [-0.2, -0.15) is 0 Å². The first kappa shape index (κ1) is 19.2. The molecule has 0 heterocycles. The van der Waals surface area contributed by atoms with Crippen molar-refractivity contribution in [1.82, 2.24) is 5.32 Å². The van der Waals surface area contributed by atoms with Gasteiger partial charge >= 0.3 is 0 Å². The van der Waals surface area contributed by atoms with Gasteiger partial charge in [-0.3, -0.25) is 9.59 Å². The van der Waals surface area contributed by atoms with Crippen LogP contribution in [0.3, 0.4) is 0 Å². The van der Waals surface area contributed by atoms with Crippen molar-refractivity contribution in [3.63, 3.8) is 0 Å². The van der Waals surface area contributed by atoms with Gasteiger partial charge in [0.25, 0.3) is 0 Å². The topological polar surface area (TPSA) is 81.4 Å². The average molecular weight is 320 g/mol. The van der Waals surface area contributed by atoms with Crippen LogP contribution in [0, 0.1) is 0 Å². The molecule has 0 aliphatic carbocycles. The van der Waals surface area contributed by atoms with Crippen LogP contribution >= 0.6 is 0 Å². The second-order valence-electron chi connectivity index (χ2n) is 5.73. The van der Waals surface area contributed by atoms with Crippen LogP contribution in [0.1, 0.15) is 56.8 Å². The van der Waals surface area contributed by atoms with E-state index in [1.165, 1.54) is 0 Å². The predicted octanol–water partition coefficient (Wildman–Crippen LogP) is 2.68. The number of nitrogens with two attached hydrogens (primary N) is 1. The quantitative estimate of drug-likeness (QED) is 0.649. The van der Waals surface area contributed by atoms with Gasteiger partial charge in [-0.15, -0.1) is 0 Å². The van der Waals surface area contributed by atoms with Crippen LogP contribution in [0.4, 0.5) is 0 Å². The van der Waals surface area contributed by atoms with Gasteiger partial charge in [0.15, 0.2) is 5.78 Å². The smallest absolute Gasteiger partial charge is 0.220 e. The van der Waals surface area contributed by atoms with E-state index in [1.54, 1.807) is 24.3 Å². The highest BCUT2D eigenvalue weighted by molar-refractivity contribution is 5.98. The van der Waals surface area contributed by atoms with Gasteiger partial charge in [0, 0.05) is 30.5 Å². The summed E-state index contributed by atoms with van der Waals surface area (Å²) in [4.78, 5) is 23.9. The third kappa shape index (κ3) is 6.40. The number of hydrogen-bond donors (Lipinski definition) is 2. The number of carbonyl (C=O) groups excluding carboxylic acids is 2. The van der Waals surface area contributed by atoms with Gasteiger partial charge < -0.3 is 15.8 Å². The van der Waals surface area contributed by atoms with E-state index < -0.39 is 0 Å². The third-order valence-corrected chi connectivity index (χ3v) is 4.11. The summed E-state index contributed by atoms with van der Waals surface area (Å²) in [6.45, 7) is 6.95. The fraction of sp³-hybridized carbons (Fsp3) is 0.556. The molecule has 128 valence electrons. The summed E-state index contributed by atoms with van der Waals surface area (Å²) < 4.78 is 5.34. The van der Waals surface area contributed by atoms with Gasteiger partial charge in [-0.1, -0.05) is 13.8 Å². The SMILES string of the molecule is CCOc1ccc(C(=O)CCC(=O)NCC(N)(CC)CC)cc1. The zero-order valence-corrected chi connectivity index (χ0v) is 14.4. The van der Waals surface area contributed by atoms with Crippen LogP contribution in [0.2, 0.25) is 0 Å². The number of Topliss-reactive ketones (excluding diaryl/α,β-unsaturated/α-hetero) is 1. The van der Waals surface area contributed by atoms with Gasteiger partial charge in [-0.25, -0.2) is 0 Å². The molecule has 0 radical (unpaired) electrons. The van der Waals surface area contributed by atoms with Crippen molar-refractivity contribution in [3.05, 3.63) is 29.8 Å². The number of ketones is 1. The molecule has 0 saturated heterocycles. The molecule has 0 unspecified atom stereocenters. The minimum absolute atomic E-state index is 0.0480. The summed E-state index contributed by atoms with van der Waals surface area (Å²) in [6, 6.07) is 6.98. The van der Waals surface area contributed by atoms with Crippen molar-refractivity contribution in [3.8, 4) is 5.75 Å². The lowest BCUT2D eigenvalue weighted by Gasteiger charge is -2.26. The van der Waals surface area contributed by atoms with Gasteiger partial charge in [0.05, 0.1) is 6.61 Å².